The Morgan fingerprint density at radius 2 is 2.40 bits per heavy atom. The maximum Gasteiger partial charge on any atom is 0.139 e. The molecule has 1 fully saturated rings. The molecule has 0 aromatic carbocycles. The van der Waals surface area contributed by atoms with Crippen molar-refractivity contribution in [1.29, 1.82) is 0 Å². The zero-order chi connectivity index (χ0) is 10.9. The second kappa shape index (κ2) is 4.31. The van der Waals surface area contributed by atoms with Crippen molar-refractivity contribution >= 4 is 28.1 Å². The molecule has 1 aliphatic heterocycles. The highest BCUT2D eigenvalue weighted by Gasteiger charge is 2.32. The van der Waals surface area contributed by atoms with E-state index in [2.05, 4.69) is 32.8 Å². The number of ether oxygens (including phenoxy) is 1. The monoisotopic (exact) mass is 288 g/mol. The minimum atomic E-state index is -0.299. The van der Waals surface area contributed by atoms with Gasteiger partial charge in [-0.05, 0) is 42.1 Å². The van der Waals surface area contributed by atoms with Gasteiger partial charge in [-0.3, -0.25) is 0 Å². The van der Waals surface area contributed by atoms with Crippen LogP contribution in [0, 0.1) is 4.64 Å². The predicted molar refractivity (Wildman–Crippen MR) is 64.3 cm³/mol. The van der Waals surface area contributed by atoms with Crippen molar-refractivity contribution < 1.29 is 4.74 Å². The Morgan fingerprint density at radius 1 is 1.60 bits per heavy atom. The summed E-state index contributed by atoms with van der Waals surface area (Å²) in [4.78, 5) is 7.46. The molecular weight excluding hydrogens is 276 g/mol. The van der Waals surface area contributed by atoms with Gasteiger partial charge in [0.15, 0.2) is 0 Å². The number of aromatic amines is 1. The Labute approximate surface area is 102 Å². The summed E-state index contributed by atoms with van der Waals surface area (Å²) in [6.45, 7) is 2.86. The molecular formula is C10H13BrN2OS. The fourth-order valence-electron chi connectivity index (χ4n) is 1.77. The fourth-order valence-corrected chi connectivity index (χ4v) is 2.12. The van der Waals surface area contributed by atoms with Crippen LogP contribution < -0.4 is 0 Å². The molecule has 1 aromatic heterocycles. The second-order valence-electron chi connectivity index (χ2n) is 3.95. The molecule has 1 unspecified atom stereocenters. The molecule has 0 amide bonds. The van der Waals surface area contributed by atoms with Crippen LogP contribution in [0.1, 0.15) is 32.0 Å². The Morgan fingerprint density at radius 3 is 3.00 bits per heavy atom. The molecule has 0 bridgehead atoms. The summed E-state index contributed by atoms with van der Waals surface area (Å²) < 4.78 is 7.29. The first-order valence-electron chi connectivity index (χ1n) is 5.01. The van der Waals surface area contributed by atoms with E-state index in [4.69, 9.17) is 17.0 Å². The molecule has 5 heteroatoms. The highest BCUT2D eigenvalue weighted by atomic mass is 79.9. The van der Waals surface area contributed by atoms with Crippen molar-refractivity contribution in [3.63, 3.8) is 0 Å². The number of rotatable bonds is 1. The van der Waals surface area contributed by atoms with E-state index >= 15 is 0 Å². The second-order valence-corrected chi connectivity index (χ2v) is 5.21. The lowest BCUT2D eigenvalue weighted by molar-refractivity contribution is -0.0761. The maximum atomic E-state index is 5.79. The molecule has 1 atom stereocenters. The number of hydrogen-bond acceptors (Lipinski definition) is 3. The van der Waals surface area contributed by atoms with Crippen LogP contribution in [0.3, 0.4) is 0 Å². The van der Waals surface area contributed by atoms with Gasteiger partial charge in [-0.1, -0.05) is 12.2 Å². The average molecular weight is 289 g/mol. The van der Waals surface area contributed by atoms with Gasteiger partial charge in [0.05, 0.1) is 4.47 Å². The minimum absolute atomic E-state index is 0.299. The van der Waals surface area contributed by atoms with E-state index in [1.54, 1.807) is 6.20 Å². The van der Waals surface area contributed by atoms with Gasteiger partial charge in [0.25, 0.3) is 0 Å². The number of hydrogen-bond donors (Lipinski definition) is 1. The first-order valence-corrected chi connectivity index (χ1v) is 6.21. The van der Waals surface area contributed by atoms with Gasteiger partial charge in [-0.2, -0.15) is 0 Å². The van der Waals surface area contributed by atoms with Gasteiger partial charge in [0.1, 0.15) is 16.1 Å². The molecule has 15 heavy (non-hydrogen) atoms. The summed E-state index contributed by atoms with van der Waals surface area (Å²) >= 11 is 8.49. The molecule has 1 aliphatic rings. The largest absolute Gasteiger partial charge is 0.367 e. The molecule has 1 saturated heterocycles. The minimum Gasteiger partial charge on any atom is -0.367 e. The highest BCUT2D eigenvalue weighted by Crippen LogP contribution is 2.32. The van der Waals surface area contributed by atoms with Gasteiger partial charge in [0, 0.05) is 12.8 Å². The Kier molecular flexibility index (Phi) is 3.23. The molecule has 0 aliphatic carbocycles. The lowest BCUT2D eigenvalue weighted by Crippen LogP contribution is -2.32. The van der Waals surface area contributed by atoms with Crippen molar-refractivity contribution in [2.24, 2.45) is 0 Å². The number of H-pyrrole nitrogens is 1. The number of nitrogens with zero attached hydrogens (tertiary/aromatic N) is 1. The molecule has 0 radical (unpaired) electrons. The van der Waals surface area contributed by atoms with Crippen LogP contribution in [-0.2, 0) is 10.3 Å². The molecule has 1 N–H and O–H groups in total. The summed E-state index contributed by atoms with van der Waals surface area (Å²) in [5, 5.41) is 0. The normalized spacial score (nSPS) is 26.5. The molecule has 2 rings (SSSR count). The summed E-state index contributed by atoms with van der Waals surface area (Å²) in [6.07, 6.45) is 5.03. The SMILES string of the molecule is CC1(c2ncc(Br)c(=S)[nH]2)CCCCO1. The summed E-state index contributed by atoms with van der Waals surface area (Å²) in [5.74, 6) is 0.829. The van der Waals surface area contributed by atoms with Crippen molar-refractivity contribution in [2.75, 3.05) is 6.61 Å². The summed E-state index contributed by atoms with van der Waals surface area (Å²) in [7, 11) is 0. The lowest BCUT2D eigenvalue weighted by Gasteiger charge is -2.32. The quantitative estimate of drug-likeness (QED) is 0.806. The lowest BCUT2D eigenvalue weighted by atomic mass is 9.95. The van der Waals surface area contributed by atoms with E-state index in [1.165, 1.54) is 6.42 Å². The van der Waals surface area contributed by atoms with Crippen LogP contribution in [0.15, 0.2) is 10.7 Å². The summed E-state index contributed by atoms with van der Waals surface area (Å²) in [5.41, 5.74) is -0.299. The number of halogens is 1. The van der Waals surface area contributed by atoms with Crippen molar-refractivity contribution in [3.05, 3.63) is 21.1 Å². The molecule has 0 saturated carbocycles. The van der Waals surface area contributed by atoms with Gasteiger partial charge in [-0.15, -0.1) is 0 Å². The third kappa shape index (κ3) is 2.29. The van der Waals surface area contributed by atoms with Gasteiger partial charge in [-0.25, -0.2) is 4.98 Å². The summed E-state index contributed by atoms with van der Waals surface area (Å²) in [6, 6.07) is 0. The van der Waals surface area contributed by atoms with Crippen LogP contribution in [0.2, 0.25) is 0 Å². The molecule has 0 spiro atoms. The Hall–Kier alpha value is -0.260. The molecule has 82 valence electrons. The smallest absolute Gasteiger partial charge is 0.139 e. The molecule has 2 heterocycles. The van der Waals surface area contributed by atoms with Crippen molar-refractivity contribution in [2.45, 2.75) is 31.8 Å². The Bertz CT molecular complexity index is 412. The van der Waals surface area contributed by atoms with E-state index in [1.807, 2.05) is 0 Å². The van der Waals surface area contributed by atoms with Crippen LogP contribution >= 0.6 is 28.1 Å². The van der Waals surface area contributed by atoms with Crippen LogP contribution in [-0.4, -0.2) is 16.6 Å². The van der Waals surface area contributed by atoms with Gasteiger partial charge < -0.3 is 9.72 Å². The number of aromatic nitrogens is 2. The number of nitrogens with one attached hydrogen (secondary N) is 1. The van der Waals surface area contributed by atoms with Crippen LogP contribution in [0.5, 0.6) is 0 Å². The first-order chi connectivity index (χ1) is 7.12. The standard InChI is InChI=1S/C10H13BrN2OS/c1-10(4-2-3-5-14-10)9-12-6-7(11)8(15)13-9/h6H,2-5H2,1H3,(H,12,13,15). The zero-order valence-corrected chi connectivity index (χ0v) is 10.9. The van der Waals surface area contributed by atoms with E-state index in [-0.39, 0.29) is 5.60 Å². The van der Waals surface area contributed by atoms with E-state index in [9.17, 15) is 0 Å². The average Bonchev–Trinajstić information content (AvgIpc) is 2.23. The zero-order valence-electron chi connectivity index (χ0n) is 8.55. The fraction of sp³-hybridized carbons (Fsp3) is 0.600. The predicted octanol–water partition coefficient (Wildman–Crippen LogP) is 3.32. The van der Waals surface area contributed by atoms with E-state index in [0.717, 1.165) is 29.7 Å². The Balaban J connectivity index is 2.35. The molecule has 1 aromatic rings. The third-order valence-corrected chi connectivity index (χ3v) is 3.91. The van der Waals surface area contributed by atoms with Crippen molar-refractivity contribution in [3.8, 4) is 0 Å². The molecule has 3 nitrogen and oxygen atoms in total. The van der Waals surface area contributed by atoms with Crippen LogP contribution in [0.4, 0.5) is 0 Å². The highest BCUT2D eigenvalue weighted by molar-refractivity contribution is 9.10. The third-order valence-electron chi connectivity index (χ3n) is 2.73. The van der Waals surface area contributed by atoms with Crippen LogP contribution in [0.25, 0.3) is 0 Å². The maximum absolute atomic E-state index is 5.79. The van der Waals surface area contributed by atoms with Gasteiger partial charge >= 0.3 is 0 Å². The van der Waals surface area contributed by atoms with Gasteiger partial charge in [0.2, 0.25) is 0 Å². The van der Waals surface area contributed by atoms with E-state index < -0.39 is 0 Å². The van der Waals surface area contributed by atoms with Crippen molar-refractivity contribution in [1.82, 2.24) is 9.97 Å². The topological polar surface area (TPSA) is 37.9 Å². The first kappa shape index (κ1) is 11.2. The van der Waals surface area contributed by atoms with E-state index in [0.29, 0.717) is 4.64 Å².